The highest BCUT2D eigenvalue weighted by atomic mass is 16.5. The zero-order chi connectivity index (χ0) is 13.0. The normalized spacial score (nSPS) is 18.9. The van der Waals surface area contributed by atoms with Crippen LogP contribution in [0.15, 0.2) is 18.3 Å². The third-order valence-corrected chi connectivity index (χ3v) is 3.73. The van der Waals surface area contributed by atoms with Crippen molar-refractivity contribution < 1.29 is 4.74 Å². The molecule has 1 saturated heterocycles. The van der Waals surface area contributed by atoms with Gasteiger partial charge in [-0.25, -0.2) is 0 Å². The summed E-state index contributed by atoms with van der Waals surface area (Å²) in [4.78, 5) is 6.83. The van der Waals surface area contributed by atoms with Crippen LogP contribution in [-0.4, -0.2) is 31.3 Å². The Morgan fingerprint density at radius 1 is 1.44 bits per heavy atom. The standard InChI is InChI=1S/C14H23N3O/c1-3-13(15)14-5-4-11(10-16-14)17-8-6-12(18-2)7-9-17/h4-5,10,12-13H,3,6-9,15H2,1-2H3/t13-/m1/s1. The van der Waals surface area contributed by atoms with Crippen molar-refractivity contribution in [2.75, 3.05) is 25.1 Å². The molecule has 0 bridgehead atoms. The van der Waals surface area contributed by atoms with Gasteiger partial charge >= 0.3 is 0 Å². The zero-order valence-corrected chi connectivity index (χ0v) is 11.3. The fourth-order valence-electron chi connectivity index (χ4n) is 2.36. The fourth-order valence-corrected chi connectivity index (χ4v) is 2.36. The maximum Gasteiger partial charge on any atom is 0.0605 e. The molecule has 0 spiro atoms. The Morgan fingerprint density at radius 3 is 2.67 bits per heavy atom. The number of hydrogen-bond acceptors (Lipinski definition) is 4. The van der Waals surface area contributed by atoms with Crippen molar-refractivity contribution in [1.29, 1.82) is 0 Å². The Morgan fingerprint density at radius 2 is 2.17 bits per heavy atom. The molecule has 4 nitrogen and oxygen atoms in total. The van der Waals surface area contributed by atoms with Gasteiger partial charge in [0.1, 0.15) is 0 Å². The van der Waals surface area contributed by atoms with Crippen molar-refractivity contribution in [3.8, 4) is 0 Å². The minimum atomic E-state index is 0.0540. The van der Waals surface area contributed by atoms with E-state index in [1.165, 1.54) is 5.69 Å². The first-order valence-corrected chi connectivity index (χ1v) is 6.74. The lowest BCUT2D eigenvalue weighted by Gasteiger charge is -2.32. The van der Waals surface area contributed by atoms with Crippen LogP contribution in [0.2, 0.25) is 0 Å². The first kappa shape index (κ1) is 13.3. The Balaban J connectivity index is 1.98. The lowest BCUT2D eigenvalue weighted by atomic mass is 10.1. The summed E-state index contributed by atoms with van der Waals surface area (Å²) in [6, 6.07) is 4.23. The van der Waals surface area contributed by atoms with E-state index in [0.717, 1.165) is 38.0 Å². The number of ether oxygens (including phenoxy) is 1. The average molecular weight is 249 g/mol. The molecule has 0 saturated carbocycles. The fraction of sp³-hybridized carbons (Fsp3) is 0.643. The van der Waals surface area contributed by atoms with Gasteiger partial charge < -0.3 is 15.4 Å². The summed E-state index contributed by atoms with van der Waals surface area (Å²) in [6.45, 7) is 4.16. The highest BCUT2D eigenvalue weighted by Crippen LogP contribution is 2.21. The molecule has 0 radical (unpaired) electrons. The topological polar surface area (TPSA) is 51.4 Å². The maximum absolute atomic E-state index is 5.97. The molecule has 2 N–H and O–H groups in total. The van der Waals surface area contributed by atoms with E-state index in [2.05, 4.69) is 22.9 Å². The van der Waals surface area contributed by atoms with Crippen LogP contribution >= 0.6 is 0 Å². The number of pyridine rings is 1. The SMILES string of the molecule is CC[C@@H](N)c1ccc(N2CCC(OC)CC2)cn1. The molecular formula is C14H23N3O. The second kappa shape index (κ2) is 6.16. The molecule has 1 aromatic heterocycles. The van der Waals surface area contributed by atoms with Gasteiger partial charge in [0.15, 0.2) is 0 Å². The van der Waals surface area contributed by atoms with Crippen LogP contribution in [0.25, 0.3) is 0 Å². The van der Waals surface area contributed by atoms with Crippen molar-refractivity contribution in [2.45, 2.75) is 38.3 Å². The zero-order valence-electron chi connectivity index (χ0n) is 11.3. The first-order chi connectivity index (χ1) is 8.74. The van der Waals surface area contributed by atoms with Gasteiger partial charge in [0, 0.05) is 26.2 Å². The molecule has 0 unspecified atom stereocenters. The highest BCUT2D eigenvalue weighted by molar-refractivity contribution is 5.45. The lowest BCUT2D eigenvalue weighted by Crippen LogP contribution is -2.36. The molecule has 1 aliphatic heterocycles. The maximum atomic E-state index is 5.97. The van der Waals surface area contributed by atoms with E-state index in [0.29, 0.717) is 6.10 Å². The largest absolute Gasteiger partial charge is 0.381 e. The van der Waals surface area contributed by atoms with E-state index in [1.54, 1.807) is 7.11 Å². The van der Waals surface area contributed by atoms with Crippen LogP contribution in [0.1, 0.15) is 37.9 Å². The molecule has 100 valence electrons. The van der Waals surface area contributed by atoms with E-state index >= 15 is 0 Å². The Kier molecular flexibility index (Phi) is 4.55. The molecule has 0 aliphatic carbocycles. The summed E-state index contributed by atoms with van der Waals surface area (Å²) in [6.07, 6.45) is 5.46. The van der Waals surface area contributed by atoms with Crippen molar-refractivity contribution >= 4 is 5.69 Å². The predicted octanol–water partition coefficient (Wildman–Crippen LogP) is 2.11. The molecule has 1 atom stereocenters. The van der Waals surface area contributed by atoms with Crippen LogP contribution in [0, 0.1) is 0 Å². The summed E-state index contributed by atoms with van der Waals surface area (Å²) in [7, 11) is 1.79. The monoisotopic (exact) mass is 249 g/mol. The molecule has 0 amide bonds. The molecule has 1 aromatic rings. The first-order valence-electron chi connectivity index (χ1n) is 6.74. The van der Waals surface area contributed by atoms with Crippen LogP contribution in [-0.2, 0) is 4.74 Å². The quantitative estimate of drug-likeness (QED) is 0.888. The number of piperidine rings is 1. The molecule has 18 heavy (non-hydrogen) atoms. The number of nitrogens with zero attached hydrogens (tertiary/aromatic N) is 2. The molecule has 1 aliphatic rings. The second-order valence-corrected chi connectivity index (χ2v) is 4.88. The minimum Gasteiger partial charge on any atom is -0.381 e. The van der Waals surface area contributed by atoms with Crippen molar-refractivity contribution in [2.24, 2.45) is 5.73 Å². The van der Waals surface area contributed by atoms with E-state index < -0.39 is 0 Å². The van der Waals surface area contributed by atoms with Gasteiger partial charge in [-0.3, -0.25) is 4.98 Å². The van der Waals surface area contributed by atoms with Crippen LogP contribution in [0.5, 0.6) is 0 Å². The molecule has 2 rings (SSSR count). The summed E-state index contributed by atoms with van der Waals surface area (Å²) < 4.78 is 5.38. The number of methoxy groups -OCH3 is 1. The van der Waals surface area contributed by atoms with Gasteiger partial charge in [-0.15, -0.1) is 0 Å². The van der Waals surface area contributed by atoms with E-state index in [1.807, 2.05) is 12.3 Å². The van der Waals surface area contributed by atoms with Crippen LogP contribution in [0.3, 0.4) is 0 Å². The minimum absolute atomic E-state index is 0.0540. The smallest absolute Gasteiger partial charge is 0.0605 e. The van der Waals surface area contributed by atoms with Crippen LogP contribution in [0.4, 0.5) is 5.69 Å². The Bertz CT molecular complexity index is 358. The molecule has 0 aromatic carbocycles. The van der Waals surface area contributed by atoms with Crippen LogP contribution < -0.4 is 10.6 Å². The van der Waals surface area contributed by atoms with Crippen molar-refractivity contribution in [3.05, 3.63) is 24.0 Å². The van der Waals surface area contributed by atoms with Crippen molar-refractivity contribution in [3.63, 3.8) is 0 Å². The molecule has 4 heteroatoms. The summed E-state index contributed by atoms with van der Waals surface area (Å²) >= 11 is 0. The number of nitrogens with two attached hydrogens (primary N) is 1. The van der Waals surface area contributed by atoms with E-state index in [4.69, 9.17) is 10.5 Å². The molecule has 2 heterocycles. The van der Waals surface area contributed by atoms with E-state index in [-0.39, 0.29) is 6.04 Å². The number of anilines is 1. The molecule has 1 fully saturated rings. The van der Waals surface area contributed by atoms with Gasteiger partial charge in [-0.05, 0) is 31.4 Å². The van der Waals surface area contributed by atoms with Gasteiger partial charge in [-0.1, -0.05) is 6.92 Å². The van der Waals surface area contributed by atoms with E-state index in [9.17, 15) is 0 Å². The Labute approximate surface area is 109 Å². The summed E-state index contributed by atoms with van der Waals surface area (Å²) in [5.41, 5.74) is 8.14. The summed E-state index contributed by atoms with van der Waals surface area (Å²) in [5.74, 6) is 0. The van der Waals surface area contributed by atoms with Gasteiger partial charge in [0.25, 0.3) is 0 Å². The predicted molar refractivity (Wildman–Crippen MR) is 73.7 cm³/mol. The highest BCUT2D eigenvalue weighted by Gasteiger charge is 2.19. The Hall–Kier alpha value is -1.13. The van der Waals surface area contributed by atoms with Gasteiger partial charge in [-0.2, -0.15) is 0 Å². The number of aromatic nitrogens is 1. The van der Waals surface area contributed by atoms with Gasteiger partial charge in [0.2, 0.25) is 0 Å². The summed E-state index contributed by atoms with van der Waals surface area (Å²) in [5, 5.41) is 0. The third kappa shape index (κ3) is 3.00. The number of hydrogen-bond donors (Lipinski definition) is 1. The average Bonchev–Trinajstić information content (AvgIpc) is 2.47. The van der Waals surface area contributed by atoms with Crippen molar-refractivity contribution in [1.82, 2.24) is 4.98 Å². The van der Waals surface area contributed by atoms with Gasteiger partial charge in [0.05, 0.1) is 23.7 Å². The third-order valence-electron chi connectivity index (χ3n) is 3.73. The lowest BCUT2D eigenvalue weighted by molar-refractivity contribution is 0.0819. The molecular weight excluding hydrogens is 226 g/mol. The number of rotatable bonds is 4. The second-order valence-electron chi connectivity index (χ2n) is 4.88.